The highest BCUT2D eigenvalue weighted by atomic mass is 15.0. The van der Waals surface area contributed by atoms with Crippen molar-refractivity contribution in [2.45, 2.75) is 46.1 Å². The molecule has 1 aromatic carbocycles. The molecule has 0 spiro atoms. The first kappa shape index (κ1) is 18.1. The number of amidine groups is 1. The van der Waals surface area contributed by atoms with Crippen molar-refractivity contribution in [3.63, 3.8) is 0 Å². The maximum Gasteiger partial charge on any atom is 0.128 e. The van der Waals surface area contributed by atoms with Gasteiger partial charge in [0, 0.05) is 17.3 Å². The number of pyridine rings is 1. The summed E-state index contributed by atoms with van der Waals surface area (Å²) < 4.78 is 0. The maximum absolute atomic E-state index is 5.14. The Balaban J connectivity index is 1.98. The molecule has 2 aromatic rings. The first-order valence-electron chi connectivity index (χ1n) is 9.24. The number of hydrogen-bond acceptors (Lipinski definition) is 2. The third-order valence-corrected chi connectivity index (χ3v) is 4.96. The minimum atomic E-state index is -0.210. The Labute approximate surface area is 156 Å². The second-order valence-electron chi connectivity index (χ2n) is 7.05. The summed E-state index contributed by atoms with van der Waals surface area (Å²) in [5, 5.41) is 4.67. The summed E-state index contributed by atoms with van der Waals surface area (Å²) in [6, 6.07) is 10.3. The van der Waals surface area contributed by atoms with Crippen LogP contribution < -0.4 is 5.32 Å². The first-order valence-corrected chi connectivity index (χ1v) is 9.24. The maximum atomic E-state index is 5.14. The zero-order valence-electron chi connectivity index (χ0n) is 16.1. The van der Waals surface area contributed by atoms with Gasteiger partial charge in [0.05, 0.1) is 11.1 Å². The Morgan fingerprint density at radius 1 is 1.35 bits per heavy atom. The van der Waals surface area contributed by atoms with Crippen molar-refractivity contribution in [2.24, 2.45) is 4.99 Å². The number of fused-ring (bicyclic) bond motifs is 1. The van der Waals surface area contributed by atoms with E-state index >= 15 is 0 Å². The average molecular weight is 345 g/mol. The molecule has 3 nitrogen and oxygen atoms in total. The van der Waals surface area contributed by atoms with Crippen molar-refractivity contribution in [2.75, 3.05) is 5.32 Å². The zero-order valence-corrected chi connectivity index (χ0v) is 16.1. The van der Waals surface area contributed by atoms with Crippen LogP contribution in [0.4, 0.5) is 5.69 Å². The predicted octanol–water partition coefficient (Wildman–Crippen LogP) is 6.07. The number of rotatable bonds is 4. The van der Waals surface area contributed by atoms with Gasteiger partial charge in [-0.3, -0.25) is 9.98 Å². The van der Waals surface area contributed by atoms with Crippen LogP contribution in [0.5, 0.6) is 0 Å². The van der Waals surface area contributed by atoms with Crippen LogP contribution in [0, 0.1) is 0 Å². The topological polar surface area (TPSA) is 37.3 Å². The summed E-state index contributed by atoms with van der Waals surface area (Å²) in [6.45, 7) is 8.64. The molecule has 0 aliphatic heterocycles. The fourth-order valence-corrected chi connectivity index (χ4v) is 3.14. The third-order valence-electron chi connectivity index (χ3n) is 4.96. The normalized spacial score (nSPS) is 21.0. The minimum Gasteiger partial charge on any atom is -0.340 e. The van der Waals surface area contributed by atoms with Gasteiger partial charge in [0.25, 0.3) is 0 Å². The summed E-state index contributed by atoms with van der Waals surface area (Å²) in [5.74, 6) is 0.931. The standard InChI is InChI=1S/C23H27N3/c1-5-9-17(2)22(26-23(4)14-7-6-10-18(23)3)25-20-12-13-21-19(16-20)11-8-15-24-21/h6-13,15-16H,5,14H2,1-4H3,(H,25,26)/b17-9+. The molecule has 0 radical (unpaired) electrons. The molecule has 0 amide bonds. The number of benzene rings is 1. The lowest BCUT2D eigenvalue weighted by Crippen LogP contribution is -2.29. The van der Waals surface area contributed by atoms with Crippen molar-refractivity contribution in [1.82, 2.24) is 4.98 Å². The smallest absolute Gasteiger partial charge is 0.128 e. The van der Waals surface area contributed by atoms with Crippen molar-refractivity contribution in [3.05, 3.63) is 72.0 Å². The van der Waals surface area contributed by atoms with E-state index in [1.54, 1.807) is 0 Å². The van der Waals surface area contributed by atoms with Gasteiger partial charge in [-0.1, -0.05) is 37.3 Å². The second-order valence-corrected chi connectivity index (χ2v) is 7.05. The Hall–Kier alpha value is -2.68. The van der Waals surface area contributed by atoms with Gasteiger partial charge in [-0.05, 0) is 69.0 Å². The van der Waals surface area contributed by atoms with E-state index in [0.29, 0.717) is 0 Å². The summed E-state index contributed by atoms with van der Waals surface area (Å²) >= 11 is 0. The molecule has 1 heterocycles. The van der Waals surface area contributed by atoms with E-state index in [0.717, 1.165) is 35.3 Å². The van der Waals surface area contributed by atoms with Crippen LogP contribution in [0.25, 0.3) is 10.9 Å². The lowest BCUT2D eigenvalue weighted by molar-refractivity contribution is 0.555. The van der Waals surface area contributed by atoms with Crippen molar-refractivity contribution in [1.29, 1.82) is 0 Å². The lowest BCUT2D eigenvalue weighted by Gasteiger charge is -2.29. The fourth-order valence-electron chi connectivity index (χ4n) is 3.14. The van der Waals surface area contributed by atoms with E-state index < -0.39 is 0 Å². The molecule has 1 atom stereocenters. The van der Waals surface area contributed by atoms with Crippen LogP contribution in [0.2, 0.25) is 0 Å². The van der Waals surface area contributed by atoms with Gasteiger partial charge in [0.15, 0.2) is 0 Å². The van der Waals surface area contributed by atoms with Gasteiger partial charge in [0.1, 0.15) is 5.84 Å². The molecular formula is C23H27N3. The summed E-state index contributed by atoms with van der Waals surface area (Å²) in [7, 11) is 0. The Morgan fingerprint density at radius 3 is 2.96 bits per heavy atom. The van der Waals surface area contributed by atoms with Crippen LogP contribution >= 0.6 is 0 Å². The Morgan fingerprint density at radius 2 is 2.19 bits per heavy atom. The van der Waals surface area contributed by atoms with Gasteiger partial charge in [-0.25, -0.2) is 0 Å². The summed E-state index contributed by atoms with van der Waals surface area (Å²) in [6.07, 6.45) is 12.4. The largest absolute Gasteiger partial charge is 0.340 e. The number of aliphatic imine (C=N–C) groups is 1. The molecular weight excluding hydrogens is 318 g/mol. The van der Waals surface area contributed by atoms with Gasteiger partial charge in [-0.15, -0.1) is 0 Å². The van der Waals surface area contributed by atoms with E-state index in [-0.39, 0.29) is 5.54 Å². The molecule has 0 saturated carbocycles. The first-order chi connectivity index (χ1) is 12.5. The Kier molecular flexibility index (Phi) is 5.36. The summed E-state index contributed by atoms with van der Waals surface area (Å²) in [5.41, 5.74) is 4.28. The fraction of sp³-hybridized carbons (Fsp3) is 0.304. The molecule has 1 aromatic heterocycles. The molecule has 26 heavy (non-hydrogen) atoms. The zero-order chi connectivity index (χ0) is 18.6. The summed E-state index contributed by atoms with van der Waals surface area (Å²) in [4.78, 5) is 9.54. The molecule has 1 aliphatic rings. The van der Waals surface area contributed by atoms with Gasteiger partial charge in [-0.2, -0.15) is 0 Å². The molecule has 1 aliphatic carbocycles. The van der Waals surface area contributed by atoms with Crippen LogP contribution in [0.15, 0.2) is 77.0 Å². The second kappa shape index (κ2) is 7.69. The van der Waals surface area contributed by atoms with Crippen LogP contribution in [0.3, 0.4) is 0 Å². The third kappa shape index (κ3) is 3.93. The molecule has 0 saturated heterocycles. The monoisotopic (exact) mass is 345 g/mol. The Bertz CT molecular complexity index is 918. The average Bonchev–Trinajstić information content (AvgIpc) is 2.64. The van der Waals surface area contributed by atoms with Crippen molar-refractivity contribution >= 4 is 22.4 Å². The number of nitrogens with zero attached hydrogens (tertiary/aromatic N) is 2. The molecule has 1 N–H and O–H groups in total. The highest BCUT2D eigenvalue weighted by Crippen LogP contribution is 2.30. The number of hydrogen-bond donors (Lipinski definition) is 1. The molecule has 0 bridgehead atoms. The number of anilines is 1. The molecule has 1 unspecified atom stereocenters. The molecule has 0 fully saturated rings. The highest BCUT2D eigenvalue weighted by molar-refractivity contribution is 6.08. The van der Waals surface area contributed by atoms with Crippen LogP contribution in [-0.4, -0.2) is 16.4 Å². The highest BCUT2D eigenvalue weighted by Gasteiger charge is 2.26. The SMILES string of the molecule is CC/C=C(\C)C(=NC1(C)CC=CC=C1C)Nc1ccc2ncccc2c1. The van der Waals surface area contributed by atoms with Crippen molar-refractivity contribution in [3.8, 4) is 0 Å². The molecule has 3 rings (SSSR count). The number of allylic oxidation sites excluding steroid dienone is 3. The van der Waals surface area contributed by atoms with E-state index in [1.807, 2.05) is 18.3 Å². The number of aromatic nitrogens is 1. The number of nitrogens with one attached hydrogen (secondary N) is 1. The van der Waals surface area contributed by atoms with E-state index in [9.17, 15) is 0 Å². The predicted molar refractivity (Wildman–Crippen MR) is 113 cm³/mol. The van der Waals surface area contributed by atoms with Crippen molar-refractivity contribution < 1.29 is 0 Å². The van der Waals surface area contributed by atoms with E-state index in [1.165, 1.54) is 11.1 Å². The van der Waals surface area contributed by atoms with E-state index in [4.69, 9.17) is 4.99 Å². The molecule has 3 heteroatoms. The van der Waals surface area contributed by atoms with Crippen LogP contribution in [0.1, 0.15) is 40.5 Å². The quantitative estimate of drug-likeness (QED) is 0.539. The van der Waals surface area contributed by atoms with Gasteiger partial charge >= 0.3 is 0 Å². The van der Waals surface area contributed by atoms with Crippen LogP contribution in [-0.2, 0) is 0 Å². The van der Waals surface area contributed by atoms with E-state index in [2.05, 4.69) is 80.5 Å². The minimum absolute atomic E-state index is 0.210. The lowest BCUT2D eigenvalue weighted by atomic mass is 9.86. The molecule has 134 valence electrons. The van der Waals surface area contributed by atoms with Gasteiger partial charge in [0.2, 0.25) is 0 Å². The van der Waals surface area contributed by atoms with Gasteiger partial charge < -0.3 is 5.32 Å².